The van der Waals surface area contributed by atoms with Crippen molar-refractivity contribution in [1.29, 1.82) is 0 Å². The van der Waals surface area contributed by atoms with E-state index in [-0.39, 0.29) is 44.5 Å². The van der Waals surface area contributed by atoms with Gasteiger partial charge in [0.05, 0.1) is 30.6 Å². The third-order valence-electron chi connectivity index (χ3n) is 8.23. The van der Waals surface area contributed by atoms with E-state index < -0.39 is 41.4 Å². The fourth-order valence-electron chi connectivity index (χ4n) is 4.78. The van der Waals surface area contributed by atoms with Crippen LogP contribution >= 0.6 is 0 Å². The molecule has 0 N–H and O–H groups in total. The quantitative estimate of drug-likeness (QED) is 0.0302. The minimum absolute atomic E-state index is 0.0562. The SMILES string of the molecule is C=C(C)C(=O)O/C=C/c1ccc(C#Cc2ccc(C(=O)Oc3c(F)cc(C#Cc4ccc(/C=C/OC(=O)C(=C)C)cc4)c(/C=C/OC(=O)C(=C)C)c3/C=C/OC(=O)C(=C)C)cc2)cc1. The maximum absolute atomic E-state index is 16.2. The predicted octanol–water partition coefficient (Wildman–Crippen LogP) is 10.2. The standard InChI is InChI=1S/C53H41FO10/c1-34(2)49(55)60-29-25-41-15-11-38(12-16-41)9-10-40-19-22-43(23-20-40)53(59)64-48-46(28-32-63-52(58)37(7)8)45(27-31-62-51(57)36(5)6)44(33-47(48)54)24-21-39-13-17-42(18-14-39)26-30-61-50(56)35(3)4/h11-20,22-23,25-33H,1,3,5,7H2,2,4,6,8H3/b29-25+,30-26+,31-27+,32-28+. The molecule has 4 aromatic rings. The molecular weight excluding hydrogens is 816 g/mol. The minimum atomic E-state index is -0.999. The first-order chi connectivity index (χ1) is 30.5. The van der Waals surface area contributed by atoms with Gasteiger partial charge in [0.1, 0.15) is 0 Å². The molecule has 0 aliphatic heterocycles. The summed E-state index contributed by atoms with van der Waals surface area (Å²) in [6, 6.07) is 21.1. The summed E-state index contributed by atoms with van der Waals surface area (Å²) in [6.45, 7) is 20.2. The molecule has 0 fully saturated rings. The zero-order valence-corrected chi connectivity index (χ0v) is 35.4. The molecule has 64 heavy (non-hydrogen) atoms. The van der Waals surface area contributed by atoms with E-state index in [1.165, 1.54) is 57.6 Å². The van der Waals surface area contributed by atoms with Crippen molar-refractivity contribution >= 4 is 54.2 Å². The van der Waals surface area contributed by atoms with Crippen molar-refractivity contribution in [3.05, 3.63) is 208 Å². The van der Waals surface area contributed by atoms with Crippen LogP contribution in [0, 0.1) is 29.5 Å². The van der Waals surface area contributed by atoms with Crippen molar-refractivity contribution in [3.8, 4) is 29.4 Å². The molecule has 320 valence electrons. The van der Waals surface area contributed by atoms with Crippen molar-refractivity contribution in [2.75, 3.05) is 0 Å². The van der Waals surface area contributed by atoms with Crippen LogP contribution in [0.3, 0.4) is 0 Å². The average molecular weight is 857 g/mol. The summed E-state index contributed by atoms with van der Waals surface area (Å²) in [6.07, 6.45) is 10.2. The Labute approximate surface area is 370 Å². The summed E-state index contributed by atoms with van der Waals surface area (Å²) >= 11 is 0. The number of ether oxygens (including phenoxy) is 5. The van der Waals surface area contributed by atoms with E-state index in [0.717, 1.165) is 24.2 Å². The zero-order chi connectivity index (χ0) is 46.8. The summed E-state index contributed by atoms with van der Waals surface area (Å²) in [5.41, 5.74) is 4.12. The molecule has 0 aliphatic carbocycles. The van der Waals surface area contributed by atoms with Gasteiger partial charge in [-0.1, -0.05) is 74.3 Å². The molecule has 0 amide bonds. The number of hydrogen-bond donors (Lipinski definition) is 0. The fraction of sp³-hybridized carbons (Fsp3) is 0.0755. The molecule has 0 atom stereocenters. The number of carbonyl (C=O) groups is 5. The van der Waals surface area contributed by atoms with E-state index in [4.69, 9.17) is 23.7 Å². The predicted molar refractivity (Wildman–Crippen MR) is 242 cm³/mol. The first kappa shape index (κ1) is 47.9. The molecule has 0 saturated heterocycles. The van der Waals surface area contributed by atoms with Gasteiger partial charge < -0.3 is 23.7 Å². The number of benzene rings is 4. The molecule has 0 radical (unpaired) electrons. The highest BCUT2D eigenvalue weighted by Crippen LogP contribution is 2.33. The van der Waals surface area contributed by atoms with E-state index in [0.29, 0.717) is 22.3 Å². The third kappa shape index (κ3) is 14.7. The van der Waals surface area contributed by atoms with Crippen molar-refractivity contribution in [2.45, 2.75) is 27.7 Å². The Kier molecular flexibility index (Phi) is 17.4. The van der Waals surface area contributed by atoms with Crippen LogP contribution < -0.4 is 4.74 Å². The van der Waals surface area contributed by atoms with Gasteiger partial charge in [-0.3, -0.25) is 0 Å². The summed E-state index contributed by atoms with van der Waals surface area (Å²) < 4.78 is 42.1. The lowest BCUT2D eigenvalue weighted by molar-refractivity contribution is -0.134. The van der Waals surface area contributed by atoms with Gasteiger partial charge in [-0.2, -0.15) is 0 Å². The van der Waals surface area contributed by atoms with Gasteiger partial charge in [0.2, 0.25) is 0 Å². The van der Waals surface area contributed by atoms with Crippen LogP contribution in [0.15, 0.2) is 153 Å². The number of halogens is 1. The highest BCUT2D eigenvalue weighted by molar-refractivity contribution is 5.93. The summed E-state index contributed by atoms with van der Waals surface area (Å²) in [5.74, 6) is 6.82. The zero-order valence-electron chi connectivity index (χ0n) is 35.4. The topological polar surface area (TPSA) is 132 Å². The van der Waals surface area contributed by atoms with Crippen LogP contribution in [0.1, 0.15) is 82.6 Å². The highest BCUT2D eigenvalue weighted by atomic mass is 19.1. The molecule has 4 rings (SSSR count). The lowest BCUT2D eigenvalue weighted by Gasteiger charge is -2.14. The van der Waals surface area contributed by atoms with E-state index >= 15 is 4.39 Å². The molecule has 0 unspecified atom stereocenters. The Hall–Kier alpha value is -8.80. The van der Waals surface area contributed by atoms with Gasteiger partial charge in [0.25, 0.3) is 0 Å². The van der Waals surface area contributed by atoms with Crippen molar-refractivity contribution in [1.82, 2.24) is 0 Å². The number of rotatable bonds is 14. The number of esters is 5. The van der Waals surface area contributed by atoms with Gasteiger partial charge in [-0.05, 0) is 118 Å². The van der Waals surface area contributed by atoms with E-state index in [9.17, 15) is 24.0 Å². The largest absolute Gasteiger partial charge is 0.431 e. The molecule has 0 saturated carbocycles. The smallest absolute Gasteiger partial charge is 0.343 e. The van der Waals surface area contributed by atoms with Crippen LogP contribution in [0.5, 0.6) is 5.75 Å². The Balaban J connectivity index is 1.67. The van der Waals surface area contributed by atoms with Gasteiger partial charge >= 0.3 is 29.8 Å². The third-order valence-corrected chi connectivity index (χ3v) is 8.23. The summed E-state index contributed by atoms with van der Waals surface area (Å²) in [4.78, 5) is 61.3. The Bertz CT molecular complexity index is 2780. The lowest BCUT2D eigenvalue weighted by atomic mass is 9.98. The highest BCUT2D eigenvalue weighted by Gasteiger charge is 2.21. The second-order valence-corrected chi connectivity index (χ2v) is 13.7. The van der Waals surface area contributed by atoms with E-state index in [1.54, 1.807) is 79.7 Å². The second-order valence-electron chi connectivity index (χ2n) is 13.7. The minimum Gasteiger partial charge on any atom is -0.431 e. The molecule has 0 spiro atoms. The monoisotopic (exact) mass is 856 g/mol. The molecule has 4 aromatic carbocycles. The summed E-state index contributed by atoms with van der Waals surface area (Å²) in [7, 11) is 0. The Morgan fingerprint density at radius 1 is 0.484 bits per heavy atom. The van der Waals surface area contributed by atoms with Crippen molar-refractivity contribution in [3.63, 3.8) is 0 Å². The van der Waals surface area contributed by atoms with Gasteiger partial charge in [0, 0.05) is 55.7 Å². The van der Waals surface area contributed by atoms with Crippen LogP contribution in [-0.4, -0.2) is 29.8 Å². The lowest BCUT2D eigenvalue weighted by Crippen LogP contribution is -2.12. The van der Waals surface area contributed by atoms with Gasteiger partial charge in [-0.15, -0.1) is 0 Å². The normalized spacial score (nSPS) is 10.6. The maximum atomic E-state index is 16.2. The van der Waals surface area contributed by atoms with Gasteiger partial charge in [0.15, 0.2) is 11.6 Å². The molecule has 0 heterocycles. The molecule has 0 bridgehead atoms. The van der Waals surface area contributed by atoms with Crippen molar-refractivity contribution < 1.29 is 52.0 Å². The number of carbonyl (C=O) groups excluding carboxylic acids is 5. The van der Waals surface area contributed by atoms with Crippen LogP contribution in [0.25, 0.3) is 24.3 Å². The second kappa shape index (κ2) is 23.3. The van der Waals surface area contributed by atoms with Crippen LogP contribution in [-0.2, 0) is 38.1 Å². The van der Waals surface area contributed by atoms with Crippen LogP contribution in [0.4, 0.5) is 4.39 Å². The molecule has 0 aromatic heterocycles. The van der Waals surface area contributed by atoms with Gasteiger partial charge in [-0.25, -0.2) is 28.4 Å². The Morgan fingerprint density at radius 2 is 0.828 bits per heavy atom. The van der Waals surface area contributed by atoms with E-state index in [2.05, 4.69) is 50.0 Å². The maximum Gasteiger partial charge on any atom is 0.343 e. The number of hydrogen-bond acceptors (Lipinski definition) is 10. The Morgan fingerprint density at radius 3 is 1.22 bits per heavy atom. The average Bonchev–Trinajstić information content (AvgIpc) is 3.27. The summed E-state index contributed by atoms with van der Waals surface area (Å²) in [5, 5.41) is 0. The molecule has 11 heteroatoms. The van der Waals surface area contributed by atoms with E-state index in [1.807, 2.05) is 0 Å². The van der Waals surface area contributed by atoms with Crippen molar-refractivity contribution in [2.24, 2.45) is 0 Å². The first-order valence-electron chi connectivity index (χ1n) is 19.1. The molecule has 0 aliphatic rings. The first-order valence-corrected chi connectivity index (χ1v) is 19.1. The molecule has 10 nitrogen and oxygen atoms in total. The van der Waals surface area contributed by atoms with Crippen LogP contribution in [0.2, 0.25) is 0 Å². The molecular formula is C53H41FO10. The fourth-order valence-corrected chi connectivity index (χ4v) is 4.78.